The van der Waals surface area contributed by atoms with Crippen molar-refractivity contribution in [2.24, 2.45) is 0 Å². The Balaban J connectivity index is 2.27. The van der Waals surface area contributed by atoms with E-state index in [4.69, 9.17) is 11.6 Å². The summed E-state index contributed by atoms with van der Waals surface area (Å²) in [7, 11) is 0. The van der Waals surface area contributed by atoms with E-state index in [1.54, 1.807) is 12.1 Å². The fourth-order valence-corrected chi connectivity index (χ4v) is 2.19. The zero-order valence-electron chi connectivity index (χ0n) is 10.6. The Bertz CT molecular complexity index is 780. The molecule has 0 saturated carbocycles. The SMILES string of the molecule is Cc1ccc(C)c(-n2nc3ccc(Cl)cc3n2)c1O. The van der Waals surface area contributed by atoms with E-state index in [2.05, 4.69) is 10.2 Å². The molecule has 0 aliphatic rings. The summed E-state index contributed by atoms with van der Waals surface area (Å²) in [6, 6.07) is 9.14. The van der Waals surface area contributed by atoms with Gasteiger partial charge in [-0.2, -0.15) is 0 Å². The maximum Gasteiger partial charge on any atom is 0.146 e. The van der Waals surface area contributed by atoms with Gasteiger partial charge in [-0.15, -0.1) is 15.0 Å². The fraction of sp³-hybridized carbons (Fsp3) is 0.143. The molecule has 2 aromatic carbocycles. The molecule has 0 radical (unpaired) electrons. The van der Waals surface area contributed by atoms with Crippen LogP contribution in [0.25, 0.3) is 16.7 Å². The van der Waals surface area contributed by atoms with Gasteiger partial charge in [0.25, 0.3) is 0 Å². The van der Waals surface area contributed by atoms with E-state index in [1.807, 2.05) is 32.0 Å². The first-order valence-corrected chi connectivity index (χ1v) is 6.26. The zero-order valence-corrected chi connectivity index (χ0v) is 11.3. The van der Waals surface area contributed by atoms with Crippen LogP contribution in [0.15, 0.2) is 30.3 Å². The monoisotopic (exact) mass is 273 g/mol. The highest BCUT2D eigenvalue weighted by atomic mass is 35.5. The molecule has 0 fully saturated rings. The first kappa shape index (κ1) is 12.0. The molecule has 3 rings (SSSR count). The lowest BCUT2D eigenvalue weighted by Crippen LogP contribution is -2.02. The quantitative estimate of drug-likeness (QED) is 0.739. The summed E-state index contributed by atoms with van der Waals surface area (Å²) in [5, 5.41) is 19.5. The van der Waals surface area contributed by atoms with Crippen molar-refractivity contribution in [2.75, 3.05) is 0 Å². The normalized spacial score (nSPS) is 11.1. The molecule has 96 valence electrons. The van der Waals surface area contributed by atoms with Gasteiger partial charge in [0, 0.05) is 5.02 Å². The lowest BCUT2D eigenvalue weighted by atomic mass is 10.1. The number of hydrogen-bond acceptors (Lipinski definition) is 3. The standard InChI is InChI=1S/C14H12ClN3O/c1-8-3-4-9(2)14(19)13(8)18-16-11-6-5-10(15)7-12(11)17-18/h3-7,19H,1-2H3. The molecule has 4 nitrogen and oxygen atoms in total. The minimum Gasteiger partial charge on any atom is -0.505 e. The maximum atomic E-state index is 10.2. The molecule has 0 aliphatic heterocycles. The largest absolute Gasteiger partial charge is 0.505 e. The van der Waals surface area contributed by atoms with Crippen molar-refractivity contribution in [2.45, 2.75) is 13.8 Å². The molecular weight excluding hydrogens is 262 g/mol. The Labute approximate surface area is 115 Å². The van der Waals surface area contributed by atoms with Crippen LogP contribution >= 0.6 is 11.6 Å². The van der Waals surface area contributed by atoms with Gasteiger partial charge in [0.1, 0.15) is 22.5 Å². The third-order valence-electron chi connectivity index (χ3n) is 3.10. The number of rotatable bonds is 1. The van der Waals surface area contributed by atoms with Crippen LogP contribution in [0, 0.1) is 13.8 Å². The lowest BCUT2D eigenvalue weighted by molar-refractivity contribution is 0.463. The van der Waals surface area contributed by atoms with E-state index in [-0.39, 0.29) is 5.75 Å². The van der Waals surface area contributed by atoms with E-state index >= 15 is 0 Å². The van der Waals surface area contributed by atoms with E-state index < -0.39 is 0 Å². The summed E-state index contributed by atoms with van der Waals surface area (Å²) in [5.41, 5.74) is 3.75. The Morgan fingerprint density at radius 3 is 2.47 bits per heavy atom. The number of halogens is 1. The number of benzene rings is 2. The third-order valence-corrected chi connectivity index (χ3v) is 3.33. The van der Waals surface area contributed by atoms with Gasteiger partial charge in [-0.3, -0.25) is 0 Å². The number of aromatic nitrogens is 3. The second kappa shape index (κ2) is 4.24. The third kappa shape index (κ3) is 1.94. The number of phenolic OH excluding ortho intramolecular Hbond substituents is 1. The Kier molecular flexibility index (Phi) is 2.68. The number of phenols is 1. The summed E-state index contributed by atoms with van der Waals surface area (Å²) in [6.07, 6.45) is 0. The average molecular weight is 274 g/mol. The number of nitrogens with zero attached hydrogens (tertiary/aromatic N) is 3. The average Bonchev–Trinajstić information content (AvgIpc) is 2.77. The predicted octanol–water partition coefficient (Wildman–Crippen LogP) is 3.40. The minimum atomic E-state index is 0.200. The van der Waals surface area contributed by atoms with Crippen LogP contribution < -0.4 is 0 Å². The van der Waals surface area contributed by atoms with Crippen molar-refractivity contribution in [3.63, 3.8) is 0 Å². The van der Waals surface area contributed by atoms with Gasteiger partial charge in [-0.25, -0.2) is 0 Å². The summed E-state index contributed by atoms with van der Waals surface area (Å²) in [6.45, 7) is 3.76. The molecule has 1 aromatic heterocycles. The van der Waals surface area contributed by atoms with E-state index in [1.165, 1.54) is 4.80 Å². The molecule has 0 bridgehead atoms. The van der Waals surface area contributed by atoms with Crippen LogP contribution in [0.4, 0.5) is 0 Å². The van der Waals surface area contributed by atoms with Gasteiger partial charge in [-0.1, -0.05) is 23.7 Å². The van der Waals surface area contributed by atoms with Crippen molar-refractivity contribution in [1.82, 2.24) is 15.0 Å². The number of fused-ring (bicyclic) bond motifs is 1. The first-order chi connectivity index (χ1) is 9.06. The van der Waals surface area contributed by atoms with Gasteiger partial charge < -0.3 is 5.11 Å². The van der Waals surface area contributed by atoms with Gasteiger partial charge in [0.15, 0.2) is 0 Å². The van der Waals surface area contributed by atoms with Crippen molar-refractivity contribution < 1.29 is 5.11 Å². The van der Waals surface area contributed by atoms with Crippen LogP contribution in [0.1, 0.15) is 11.1 Å². The van der Waals surface area contributed by atoms with Crippen molar-refractivity contribution in [3.8, 4) is 11.4 Å². The minimum absolute atomic E-state index is 0.200. The topological polar surface area (TPSA) is 50.9 Å². The highest BCUT2D eigenvalue weighted by Gasteiger charge is 2.13. The van der Waals surface area contributed by atoms with Gasteiger partial charge in [0.05, 0.1) is 0 Å². The summed E-state index contributed by atoms with van der Waals surface area (Å²) in [4.78, 5) is 1.46. The van der Waals surface area contributed by atoms with Gasteiger partial charge >= 0.3 is 0 Å². The van der Waals surface area contributed by atoms with E-state index in [0.717, 1.165) is 16.6 Å². The molecule has 0 amide bonds. The number of aromatic hydroxyl groups is 1. The lowest BCUT2D eigenvalue weighted by Gasteiger charge is -2.08. The molecule has 0 spiro atoms. The molecule has 0 atom stereocenters. The summed E-state index contributed by atoms with van der Waals surface area (Å²) >= 11 is 5.94. The highest BCUT2D eigenvalue weighted by Crippen LogP contribution is 2.28. The van der Waals surface area contributed by atoms with Crippen molar-refractivity contribution in [3.05, 3.63) is 46.5 Å². The van der Waals surface area contributed by atoms with Crippen molar-refractivity contribution >= 4 is 22.6 Å². The second-order valence-corrected chi connectivity index (χ2v) is 4.96. The molecular formula is C14H12ClN3O. The molecule has 3 aromatic rings. The number of hydrogen-bond donors (Lipinski definition) is 1. The molecule has 0 saturated heterocycles. The predicted molar refractivity (Wildman–Crippen MR) is 75.0 cm³/mol. The molecule has 1 N–H and O–H groups in total. The van der Waals surface area contributed by atoms with Crippen LogP contribution in [0.3, 0.4) is 0 Å². The fourth-order valence-electron chi connectivity index (χ4n) is 2.02. The molecule has 1 heterocycles. The van der Waals surface area contributed by atoms with Crippen LogP contribution in [-0.2, 0) is 0 Å². The van der Waals surface area contributed by atoms with Crippen LogP contribution in [0.2, 0.25) is 5.02 Å². The Hall–Kier alpha value is -2.07. The summed E-state index contributed by atoms with van der Waals surface area (Å²) < 4.78 is 0. The van der Waals surface area contributed by atoms with E-state index in [0.29, 0.717) is 16.2 Å². The van der Waals surface area contributed by atoms with Gasteiger partial charge in [0.2, 0.25) is 0 Å². The smallest absolute Gasteiger partial charge is 0.146 e. The van der Waals surface area contributed by atoms with Crippen molar-refractivity contribution in [1.29, 1.82) is 0 Å². The van der Waals surface area contributed by atoms with E-state index in [9.17, 15) is 5.11 Å². The second-order valence-electron chi connectivity index (χ2n) is 4.52. The van der Waals surface area contributed by atoms with Gasteiger partial charge in [-0.05, 0) is 43.2 Å². The highest BCUT2D eigenvalue weighted by molar-refractivity contribution is 6.31. The summed E-state index contributed by atoms with van der Waals surface area (Å²) in [5.74, 6) is 0.200. The molecule has 5 heteroatoms. The Morgan fingerprint density at radius 2 is 1.68 bits per heavy atom. The zero-order chi connectivity index (χ0) is 13.6. The molecule has 0 unspecified atom stereocenters. The number of aryl methyl sites for hydroxylation is 2. The Morgan fingerprint density at radius 1 is 1.00 bits per heavy atom. The molecule has 0 aliphatic carbocycles. The maximum absolute atomic E-state index is 10.2. The van der Waals surface area contributed by atoms with Crippen LogP contribution in [0.5, 0.6) is 5.75 Å². The molecule has 19 heavy (non-hydrogen) atoms. The first-order valence-electron chi connectivity index (χ1n) is 5.88. The van der Waals surface area contributed by atoms with Crippen LogP contribution in [-0.4, -0.2) is 20.1 Å².